The number of carboxylic acids is 1. The van der Waals surface area contributed by atoms with Crippen LogP contribution in [-0.4, -0.2) is 87.4 Å². The maximum atomic E-state index is 11.2. The zero-order chi connectivity index (χ0) is 17.8. The van der Waals surface area contributed by atoms with E-state index in [9.17, 15) is 30.0 Å². The monoisotopic (exact) mass is 339 g/mol. The van der Waals surface area contributed by atoms with Crippen LogP contribution >= 0.6 is 0 Å². The van der Waals surface area contributed by atoms with Crippen molar-refractivity contribution in [2.75, 3.05) is 13.7 Å². The number of hydrogen-bond donors (Lipinski definition) is 6. The highest BCUT2D eigenvalue weighted by atomic mass is 17.2. The van der Waals surface area contributed by atoms with Crippen LogP contribution in [0.15, 0.2) is 0 Å². The molecule has 23 heavy (non-hydrogen) atoms. The normalized spacial score (nSPS) is 33.7. The fourth-order valence-electron chi connectivity index (χ4n) is 2.34. The molecule has 0 bridgehead atoms. The van der Waals surface area contributed by atoms with E-state index in [4.69, 9.17) is 9.84 Å². The van der Waals surface area contributed by atoms with E-state index in [-0.39, 0.29) is 0 Å². The Kier molecular flexibility index (Phi) is 6.83. The second-order valence-corrected chi connectivity index (χ2v) is 5.14. The molecular weight excluding hydrogens is 318 g/mol. The summed E-state index contributed by atoms with van der Waals surface area (Å²) in [5.41, 5.74) is 0. The number of aliphatic carboxylic acids is 1. The molecule has 1 saturated heterocycles. The van der Waals surface area contributed by atoms with Crippen LogP contribution in [0.5, 0.6) is 0 Å². The minimum atomic E-state index is -2.77. The molecule has 0 aromatic carbocycles. The third-order valence-corrected chi connectivity index (χ3v) is 3.41. The smallest absolute Gasteiger partial charge is 0.364 e. The Morgan fingerprint density at radius 2 is 2.09 bits per heavy atom. The van der Waals surface area contributed by atoms with E-state index < -0.39 is 61.1 Å². The number of carboxylic acid groups (broad SMARTS) is 1. The molecule has 0 aromatic rings. The van der Waals surface area contributed by atoms with Crippen LogP contribution in [0.3, 0.4) is 0 Å². The number of carbonyl (C=O) groups excluding carboxylic acids is 1. The molecular formula is C12H21NO10. The van der Waals surface area contributed by atoms with E-state index in [0.717, 1.165) is 14.0 Å². The lowest BCUT2D eigenvalue weighted by molar-refractivity contribution is -0.347. The number of ether oxygens (including phenoxy) is 1. The molecule has 1 rings (SSSR count). The zero-order valence-corrected chi connectivity index (χ0v) is 12.6. The zero-order valence-electron chi connectivity index (χ0n) is 12.6. The number of aliphatic hydroxyl groups is 4. The fourth-order valence-corrected chi connectivity index (χ4v) is 2.34. The molecule has 11 nitrogen and oxygen atoms in total. The molecule has 1 amide bonds. The number of carbonyl (C=O) groups is 2. The molecule has 1 fully saturated rings. The van der Waals surface area contributed by atoms with Crippen molar-refractivity contribution in [1.29, 1.82) is 0 Å². The van der Waals surface area contributed by atoms with E-state index in [0.29, 0.717) is 0 Å². The van der Waals surface area contributed by atoms with Gasteiger partial charge in [-0.15, -0.1) is 0 Å². The molecule has 0 saturated carbocycles. The van der Waals surface area contributed by atoms with Crippen LogP contribution in [0.2, 0.25) is 0 Å². The maximum absolute atomic E-state index is 11.2. The molecule has 11 heteroatoms. The summed E-state index contributed by atoms with van der Waals surface area (Å²) in [6.07, 6.45) is -6.95. The van der Waals surface area contributed by atoms with Crippen molar-refractivity contribution >= 4 is 11.9 Å². The number of nitrogens with one attached hydrogen (secondary N) is 1. The minimum absolute atomic E-state index is 0.580. The van der Waals surface area contributed by atoms with Crippen LogP contribution in [0.25, 0.3) is 0 Å². The first-order valence-electron chi connectivity index (χ1n) is 6.73. The summed E-state index contributed by atoms with van der Waals surface area (Å²) in [7, 11) is 1.12. The fraction of sp³-hybridized carbons (Fsp3) is 0.833. The van der Waals surface area contributed by atoms with Gasteiger partial charge in [0.2, 0.25) is 5.91 Å². The van der Waals surface area contributed by atoms with Crippen molar-refractivity contribution in [3.05, 3.63) is 0 Å². The standard InChI is InChI=1S/C12H21NO10/c1-5(15)13-8-6(16)3-12(20,11(18)19)22-10(8)9(17)7(4-14)23-21-2/h6-10,14,16-17,20H,3-4H2,1-2H3,(H,13,15)(H,18,19)/t6-,7+,8+,9+,10+,12?/m0/s1. The Labute approximate surface area is 131 Å². The lowest BCUT2D eigenvalue weighted by Gasteiger charge is -2.44. The highest BCUT2D eigenvalue weighted by Gasteiger charge is 2.54. The quantitative estimate of drug-likeness (QED) is 0.204. The number of amides is 1. The number of rotatable bonds is 7. The van der Waals surface area contributed by atoms with E-state index in [1.807, 2.05) is 0 Å². The second kappa shape index (κ2) is 7.97. The van der Waals surface area contributed by atoms with Crippen molar-refractivity contribution in [2.24, 2.45) is 0 Å². The van der Waals surface area contributed by atoms with Crippen LogP contribution in [0.4, 0.5) is 0 Å². The molecule has 0 aliphatic carbocycles. The molecule has 1 unspecified atom stereocenters. The average molecular weight is 339 g/mol. The first-order valence-corrected chi connectivity index (χ1v) is 6.73. The van der Waals surface area contributed by atoms with Gasteiger partial charge in [-0.1, -0.05) is 0 Å². The maximum Gasteiger partial charge on any atom is 0.364 e. The summed E-state index contributed by atoms with van der Waals surface area (Å²) in [6, 6.07) is -1.24. The Morgan fingerprint density at radius 3 is 2.52 bits per heavy atom. The summed E-state index contributed by atoms with van der Waals surface area (Å²) in [6.45, 7) is 0.409. The highest BCUT2D eigenvalue weighted by Crippen LogP contribution is 2.30. The van der Waals surface area contributed by atoms with E-state index in [1.165, 1.54) is 0 Å². The lowest BCUT2D eigenvalue weighted by atomic mass is 9.88. The Hall–Kier alpha value is -1.34. The average Bonchev–Trinajstić information content (AvgIpc) is 2.46. The van der Waals surface area contributed by atoms with Gasteiger partial charge in [0, 0.05) is 13.3 Å². The van der Waals surface area contributed by atoms with E-state index in [2.05, 4.69) is 15.1 Å². The van der Waals surface area contributed by atoms with Gasteiger partial charge in [-0.05, 0) is 0 Å². The molecule has 0 radical (unpaired) electrons. The van der Waals surface area contributed by atoms with Crippen molar-refractivity contribution in [1.82, 2.24) is 5.32 Å². The number of hydrogen-bond acceptors (Lipinski definition) is 9. The summed E-state index contributed by atoms with van der Waals surface area (Å²) in [4.78, 5) is 31.3. The summed E-state index contributed by atoms with van der Waals surface area (Å²) < 4.78 is 4.99. The van der Waals surface area contributed by atoms with Gasteiger partial charge in [-0.2, -0.15) is 0 Å². The third-order valence-electron chi connectivity index (χ3n) is 3.41. The van der Waals surface area contributed by atoms with Gasteiger partial charge in [0.05, 0.1) is 25.9 Å². The van der Waals surface area contributed by atoms with Crippen molar-refractivity contribution in [3.8, 4) is 0 Å². The summed E-state index contributed by atoms with van der Waals surface area (Å²) in [5, 5.41) is 50.7. The van der Waals surface area contributed by atoms with Crippen LogP contribution < -0.4 is 5.32 Å². The van der Waals surface area contributed by atoms with Gasteiger partial charge < -0.3 is 35.6 Å². The molecule has 0 spiro atoms. The summed E-state index contributed by atoms with van der Waals surface area (Å²) >= 11 is 0. The molecule has 134 valence electrons. The van der Waals surface area contributed by atoms with E-state index >= 15 is 0 Å². The molecule has 6 N–H and O–H groups in total. The largest absolute Gasteiger partial charge is 0.477 e. The Bertz CT molecular complexity index is 432. The van der Waals surface area contributed by atoms with Gasteiger partial charge in [0.15, 0.2) is 0 Å². The van der Waals surface area contributed by atoms with Crippen molar-refractivity contribution in [3.63, 3.8) is 0 Å². The van der Waals surface area contributed by atoms with E-state index in [1.54, 1.807) is 0 Å². The SMILES string of the molecule is COO[C@H](CO)[C@@H](O)[C@@H]1OC(O)(C(=O)O)C[C@H](O)[C@H]1NC(C)=O. The van der Waals surface area contributed by atoms with Gasteiger partial charge >= 0.3 is 5.97 Å². The molecule has 6 atom stereocenters. The third kappa shape index (κ3) is 4.57. The molecule has 1 aliphatic heterocycles. The van der Waals surface area contributed by atoms with Crippen molar-refractivity contribution < 1.29 is 49.6 Å². The Balaban J connectivity index is 3.10. The van der Waals surface area contributed by atoms with Gasteiger partial charge in [0.1, 0.15) is 18.3 Å². The first-order chi connectivity index (χ1) is 10.7. The first kappa shape index (κ1) is 19.7. The van der Waals surface area contributed by atoms with Gasteiger partial charge in [-0.25, -0.2) is 14.6 Å². The molecule has 1 aliphatic rings. The van der Waals surface area contributed by atoms with Crippen molar-refractivity contribution in [2.45, 2.75) is 49.6 Å². The topological polar surface area (TPSA) is 175 Å². The predicted molar refractivity (Wildman–Crippen MR) is 70.7 cm³/mol. The van der Waals surface area contributed by atoms with Gasteiger partial charge in [-0.3, -0.25) is 4.79 Å². The second-order valence-electron chi connectivity index (χ2n) is 5.14. The minimum Gasteiger partial charge on any atom is -0.477 e. The molecule has 1 heterocycles. The highest BCUT2D eigenvalue weighted by molar-refractivity contribution is 5.76. The van der Waals surface area contributed by atoms with Crippen LogP contribution in [0, 0.1) is 0 Å². The van der Waals surface area contributed by atoms with Crippen LogP contribution in [0.1, 0.15) is 13.3 Å². The lowest BCUT2D eigenvalue weighted by Crippen LogP contribution is -2.67. The summed E-state index contributed by atoms with van der Waals surface area (Å²) in [5.74, 6) is -5.13. The Morgan fingerprint density at radius 1 is 1.48 bits per heavy atom. The predicted octanol–water partition coefficient (Wildman–Crippen LogP) is -3.29. The number of aliphatic hydroxyl groups excluding tert-OH is 3. The van der Waals surface area contributed by atoms with Crippen LogP contribution in [-0.2, 0) is 24.1 Å². The molecule has 0 aromatic heterocycles. The van der Waals surface area contributed by atoms with Gasteiger partial charge in [0.25, 0.3) is 5.79 Å².